The fraction of sp³-hybridized carbons (Fsp3) is 0.200. The van der Waals surface area contributed by atoms with Gasteiger partial charge in [0.15, 0.2) is 0 Å². The molecule has 0 N–H and O–H groups in total. The number of methoxy groups -OCH3 is 2. The molecule has 0 aliphatic heterocycles. The van der Waals surface area contributed by atoms with Gasteiger partial charge in [0.1, 0.15) is 23.1 Å². The van der Waals surface area contributed by atoms with Gasteiger partial charge in [-0.1, -0.05) is 22.0 Å². The molecule has 0 saturated heterocycles. The van der Waals surface area contributed by atoms with Gasteiger partial charge in [-0.05, 0) is 30.3 Å². The molecule has 20 heavy (non-hydrogen) atoms. The van der Waals surface area contributed by atoms with Crippen LogP contribution in [0, 0.1) is 11.6 Å². The molecule has 0 aromatic heterocycles. The molecule has 0 fully saturated rings. The highest BCUT2D eigenvalue weighted by atomic mass is 79.9. The van der Waals surface area contributed by atoms with Crippen molar-refractivity contribution in [1.82, 2.24) is 0 Å². The molecule has 0 heterocycles. The van der Waals surface area contributed by atoms with Crippen LogP contribution in [0.4, 0.5) is 8.78 Å². The maximum atomic E-state index is 14.1. The standard InChI is InChI=1S/C15H13BrF2O2/c1-19-12-7-6-9(17)8-10(12)15(16)14-11(18)4-3-5-13(14)20-2/h3-8,15H,1-2H3. The summed E-state index contributed by atoms with van der Waals surface area (Å²) in [5.41, 5.74) is 0.801. The lowest BCUT2D eigenvalue weighted by atomic mass is 10.0. The Hall–Kier alpha value is -1.62. The van der Waals surface area contributed by atoms with Crippen molar-refractivity contribution in [3.8, 4) is 11.5 Å². The van der Waals surface area contributed by atoms with Crippen molar-refractivity contribution in [2.75, 3.05) is 14.2 Å². The molecule has 2 aromatic carbocycles. The minimum absolute atomic E-state index is 0.305. The van der Waals surface area contributed by atoms with Crippen LogP contribution >= 0.6 is 15.9 Å². The number of ether oxygens (including phenoxy) is 2. The Bertz CT molecular complexity index is 617. The van der Waals surface area contributed by atoms with E-state index in [0.29, 0.717) is 22.6 Å². The zero-order valence-electron chi connectivity index (χ0n) is 11.0. The molecule has 0 aliphatic rings. The molecule has 1 atom stereocenters. The average molecular weight is 343 g/mol. The second-order valence-electron chi connectivity index (χ2n) is 4.10. The van der Waals surface area contributed by atoms with Crippen LogP contribution in [0.5, 0.6) is 11.5 Å². The van der Waals surface area contributed by atoms with Gasteiger partial charge in [0, 0.05) is 11.1 Å². The number of benzene rings is 2. The van der Waals surface area contributed by atoms with Crippen molar-refractivity contribution in [1.29, 1.82) is 0 Å². The van der Waals surface area contributed by atoms with E-state index in [2.05, 4.69) is 15.9 Å². The van der Waals surface area contributed by atoms with Crippen molar-refractivity contribution < 1.29 is 18.3 Å². The van der Waals surface area contributed by atoms with Crippen LogP contribution in [0.3, 0.4) is 0 Å². The molecule has 106 valence electrons. The topological polar surface area (TPSA) is 18.5 Å². The maximum absolute atomic E-state index is 14.1. The normalized spacial score (nSPS) is 12.1. The quantitative estimate of drug-likeness (QED) is 0.763. The zero-order chi connectivity index (χ0) is 14.7. The Morgan fingerprint density at radius 2 is 1.70 bits per heavy atom. The van der Waals surface area contributed by atoms with Crippen molar-refractivity contribution >= 4 is 15.9 Å². The van der Waals surface area contributed by atoms with E-state index in [1.165, 1.54) is 38.5 Å². The summed E-state index contributed by atoms with van der Waals surface area (Å²) in [5, 5.41) is 0. The van der Waals surface area contributed by atoms with Crippen LogP contribution < -0.4 is 9.47 Å². The summed E-state index contributed by atoms with van der Waals surface area (Å²) in [4.78, 5) is -0.579. The SMILES string of the molecule is COc1ccc(F)cc1C(Br)c1c(F)cccc1OC. The van der Waals surface area contributed by atoms with Crippen LogP contribution in [0.2, 0.25) is 0 Å². The lowest BCUT2D eigenvalue weighted by Crippen LogP contribution is -2.03. The number of rotatable bonds is 4. The first-order chi connectivity index (χ1) is 9.58. The van der Waals surface area contributed by atoms with Gasteiger partial charge in [-0.15, -0.1) is 0 Å². The second-order valence-corrected chi connectivity index (χ2v) is 5.02. The largest absolute Gasteiger partial charge is 0.496 e. The molecule has 0 saturated carbocycles. The molecule has 1 unspecified atom stereocenters. The van der Waals surface area contributed by atoms with Gasteiger partial charge in [-0.25, -0.2) is 8.78 Å². The maximum Gasteiger partial charge on any atom is 0.131 e. The third kappa shape index (κ3) is 2.77. The van der Waals surface area contributed by atoms with E-state index < -0.39 is 16.5 Å². The highest BCUT2D eigenvalue weighted by Crippen LogP contribution is 2.41. The Morgan fingerprint density at radius 1 is 1.00 bits per heavy atom. The molecule has 5 heteroatoms. The minimum atomic E-state index is -0.579. The average Bonchev–Trinajstić information content (AvgIpc) is 2.46. The summed E-state index contributed by atoms with van der Waals surface area (Å²) in [7, 11) is 2.94. The smallest absolute Gasteiger partial charge is 0.131 e. The molecule has 0 spiro atoms. The predicted molar refractivity (Wildman–Crippen MR) is 76.7 cm³/mol. The summed E-state index contributed by atoms with van der Waals surface area (Å²) in [6.07, 6.45) is 0. The first kappa shape index (κ1) is 14.8. The van der Waals surface area contributed by atoms with E-state index in [4.69, 9.17) is 9.47 Å². The van der Waals surface area contributed by atoms with Crippen LogP contribution in [0.25, 0.3) is 0 Å². The van der Waals surface area contributed by atoms with Gasteiger partial charge in [-0.2, -0.15) is 0 Å². The van der Waals surface area contributed by atoms with E-state index in [-0.39, 0.29) is 0 Å². The monoisotopic (exact) mass is 342 g/mol. The lowest BCUT2D eigenvalue weighted by molar-refractivity contribution is 0.400. The van der Waals surface area contributed by atoms with E-state index in [1.807, 2.05) is 0 Å². The number of hydrogen-bond acceptors (Lipinski definition) is 2. The molecule has 0 aliphatic carbocycles. The first-order valence-corrected chi connectivity index (χ1v) is 6.80. The Labute approximate surface area is 124 Å². The van der Waals surface area contributed by atoms with Gasteiger partial charge in [0.05, 0.1) is 19.0 Å². The molecule has 0 radical (unpaired) electrons. The van der Waals surface area contributed by atoms with Crippen molar-refractivity contribution in [3.63, 3.8) is 0 Å². The number of hydrogen-bond donors (Lipinski definition) is 0. The molecule has 2 aromatic rings. The van der Waals surface area contributed by atoms with E-state index in [1.54, 1.807) is 12.1 Å². The summed E-state index contributed by atoms with van der Waals surface area (Å²) >= 11 is 3.40. The van der Waals surface area contributed by atoms with Gasteiger partial charge in [0.25, 0.3) is 0 Å². The highest BCUT2D eigenvalue weighted by Gasteiger charge is 2.23. The molecule has 0 bridgehead atoms. The third-order valence-corrected chi connectivity index (χ3v) is 3.90. The van der Waals surface area contributed by atoms with Crippen LogP contribution in [0.15, 0.2) is 36.4 Å². The highest BCUT2D eigenvalue weighted by molar-refractivity contribution is 9.09. The number of alkyl halides is 1. The van der Waals surface area contributed by atoms with Crippen LogP contribution in [-0.2, 0) is 0 Å². The molecular weight excluding hydrogens is 330 g/mol. The summed E-state index contributed by atoms with van der Waals surface area (Å²) in [5.74, 6) is 0.00914. The molecule has 0 amide bonds. The van der Waals surface area contributed by atoms with E-state index >= 15 is 0 Å². The molecule has 2 nitrogen and oxygen atoms in total. The fourth-order valence-electron chi connectivity index (χ4n) is 2.00. The van der Waals surface area contributed by atoms with Crippen molar-refractivity contribution in [2.24, 2.45) is 0 Å². The third-order valence-electron chi connectivity index (χ3n) is 2.95. The molecule has 2 rings (SSSR count). The lowest BCUT2D eigenvalue weighted by Gasteiger charge is -2.18. The van der Waals surface area contributed by atoms with Gasteiger partial charge in [0.2, 0.25) is 0 Å². The predicted octanol–water partition coefficient (Wildman–Crippen LogP) is 4.47. The van der Waals surface area contributed by atoms with Gasteiger partial charge < -0.3 is 9.47 Å². The Balaban J connectivity index is 2.57. The fourth-order valence-corrected chi connectivity index (χ4v) is 2.80. The summed E-state index contributed by atoms with van der Waals surface area (Å²) in [6.45, 7) is 0. The Kier molecular flexibility index (Phi) is 4.60. The van der Waals surface area contributed by atoms with Crippen molar-refractivity contribution in [3.05, 3.63) is 59.2 Å². The minimum Gasteiger partial charge on any atom is -0.496 e. The van der Waals surface area contributed by atoms with E-state index in [0.717, 1.165) is 0 Å². The van der Waals surface area contributed by atoms with Crippen LogP contribution in [0.1, 0.15) is 16.0 Å². The van der Waals surface area contributed by atoms with Gasteiger partial charge in [-0.3, -0.25) is 0 Å². The molecular formula is C15H13BrF2O2. The summed E-state index contributed by atoms with van der Waals surface area (Å²) < 4.78 is 37.9. The second kappa shape index (κ2) is 6.22. The first-order valence-electron chi connectivity index (χ1n) is 5.88. The van der Waals surface area contributed by atoms with Crippen molar-refractivity contribution in [2.45, 2.75) is 4.83 Å². The summed E-state index contributed by atoms with van der Waals surface area (Å²) in [6, 6.07) is 8.65. The van der Waals surface area contributed by atoms with Gasteiger partial charge >= 0.3 is 0 Å². The van der Waals surface area contributed by atoms with Crippen LogP contribution in [-0.4, -0.2) is 14.2 Å². The zero-order valence-corrected chi connectivity index (χ0v) is 12.6. The Morgan fingerprint density at radius 3 is 2.35 bits per heavy atom. The number of halogens is 3. The van der Waals surface area contributed by atoms with E-state index in [9.17, 15) is 8.78 Å².